The van der Waals surface area contributed by atoms with Crippen molar-refractivity contribution in [2.75, 3.05) is 159 Å². The molecule has 0 saturated heterocycles. The maximum absolute atomic E-state index is 11.8. The van der Waals surface area contributed by atoms with Crippen molar-refractivity contribution in [1.82, 2.24) is 4.90 Å². The topological polar surface area (TPSA) is 139 Å². The summed E-state index contributed by atoms with van der Waals surface area (Å²) in [6, 6.07) is 0. The van der Waals surface area contributed by atoms with E-state index in [1.54, 1.807) is 0 Å². The molecule has 0 saturated carbocycles. The summed E-state index contributed by atoms with van der Waals surface area (Å²) in [6.45, 7) is 9.30. The molecule has 1 aliphatic rings. The predicted molar refractivity (Wildman–Crippen MR) is 151 cm³/mol. The Morgan fingerprint density at radius 1 is 0.372 bits per heavy atom. The number of nitrogens with zero attached hydrogens (tertiary/aromatic N) is 1. The van der Waals surface area contributed by atoms with Crippen molar-refractivity contribution in [2.24, 2.45) is 0 Å². The van der Waals surface area contributed by atoms with E-state index in [1.807, 2.05) is 0 Å². The van der Waals surface area contributed by atoms with Crippen LogP contribution in [0.15, 0.2) is 12.2 Å². The molecule has 0 aliphatic carbocycles. The van der Waals surface area contributed by atoms with Gasteiger partial charge in [-0.15, -0.1) is 0 Å². The first-order chi connectivity index (χ1) is 21.3. The van der Waals surface area contributed by atoms with Crippen molar-refractivity contribution >= 4 is 11.8 Å². The summed E-state index contributed by atoms with van der Waals surface area (Å²) >= 11 is 0. The van der Waals surface area contributed by atoms with E-state index in [1.165, 1.54) is 12.2 Å². The summed E-state index contributed by atoms with van der Waals surface area (Å²) in [4.78, 5) is 23.9. The van der Waals surface area contributed by atoms with Gasteiger partial charge in [0.15, 0.2) is 0 Å². The van der Waals surface area contributed by atoms with Gasteiger partial charge in [0.05, 0.1) is 152 Å². The molecule has 1 aliphatic heterocycles. The smallest absolute Gasteiger partial charge is 0.253 e. The largest absolute Gasteiger partial charge is 0.377 e. The third-order valence-corrected chi connectivity index (χ3v) is 5.30. The Hall–Kier alpha value is -1.63. The van der Waals surface area contributed by atoms with Gasteiger partial charge in [0.1, 0.15) is 6.67 Å². The van der Waals surface area contributed by atoms with E-state index in [0.29, 0.717) is 132 Å². The van der Waals surface area contributed by atoms with Crippen molar-refractivity contribution in [3.05, 3.63) is 12.2 Å². The highest BCUT2D eigenvalue weighted by molar-refractivity contribution is 6.12. The quantitative estimate of drug-likeness (QED) is 0.0692. The fraction of sp³-hybridized carbons (Fsp3) is 0.857. The minimum atomic E-state index is -0.480. The molecule has 0 unspecified atom stereocenters. The highest BCUT2D eigenvalue weighted by Gasteiger charge is 2.22. The van der Waals surface area contributed by atoms with Crippen LogP contribution in [0, 0.1) is 0 Å². The first-order valence-electron chi connectivity index (χ1n) is 14.7. The number of halogens is 1. The minimum Gasteiger partial charge on any atom is -0.377 e. The van der Waals surface area contributed by atoms with Gasteiger partial charge >= 0.3 is 0 Å². The number of hydrogen-bond donors (Lipinski definition) is 0. The van der Waals surface area contributed by atoms with E-state index in [-0.39, 0.29) is 31.6 Å². The molecule has 0 spiro atoms. The summed E-state index contributed by atoms with van der Waals surface area (Å²) in [5, 5.41) is 0. The van der Waals surface area contributed by atoms with Crippen LogP contribution < -0.4 is 0 Å². The number of carbonyl (C=O) groups excluding carboxylic acids is 2. The normalized spacial score (nSPS) is 13.2. The van der Waals surface area contributed by atoms with E-state index in [9.17, 15) is 14.0 Å². The summed E-state index contributed by atoms with van der Waals surface area (Å²) in [6.07, 6.45) is 2.50. The zero-order valence-corrected chi connectivity index (χ0v) is 25.3. The van der Waals surface area contributed by atoms with Crippen molar-refractivity contribution in [3.63, 3.8) is 0 Å². The van der Waals surface area contributed by atoms with Gasteiger partial charge < -0.3 is 52.1 Å². The molecule has 0 fully saturated rings. The van der Waals surface area contributed by atoms with Crippen LogP contribution >= 0.6 is 0 Å². The fourth-order valence-corrected chi connectivity index (χ4v) is 3.16. The number of hydrogen-bond acceptors (Lipinski definition) is 13. The van der Waals surface area contributed by atoms with Crippen LogP contribution in [0.4, 0.5) is 4.39 Å². The Bertz CT molecular complexity index is 657. The second-order valence-electron chi connectivity index (χ2n) is 8.59. The summed E-state index contributed by atoms with van der Waals surface area (Å²) in [5.41, 5.74) is 0. The Balaban J connectivity index is 1.62. The Morgan fingerprint density at radius 2 is 0.581 bits per heavy atom. The number of alkyl halides is 1. The first-order valence-corrected chi connectivity index (χ1v) is 14.7. The molecule has 2 amide bonds. The Labute approximate surface area is 253 Å². The second kappa shape index (κ2) is 31.8. The molecule has 0 radical (unpaired) electrons. The van der Waals surface area contributed by atoms with Gasteiger partial charge in [-0.25, -0.2) is 4.39 Å². The highest BCUT2D eigenvalue weighted by Crippen LogP contribution is 2.02. The van der Waals surface area contributed by atoms with Crippen LogP contribution in [-0.4, -0.2) is 175 Å². The zero-order chi connectivity index (χ0) is 30.9. The van der Waals surface area contributed by atoms with Gasteiger partial charge in [-0.2, -0.15) is 0 Å². The van der Waals surface area contributed by atoms with Crippen molar-refractivity contribution in [1.29, 1.82) is 0 Å². The molecule has 0 N–H and O–H groups in total. The highest BCUT2D eigenvalue weighted by atomic mass is 19.1. The van der Waals surface area contributed by atoms with Gasteiger partial charge in [0, 0.05) is 12.2 Å². The molecule has 0 aromatic rings. The lowest BCUT2D eigenvalue weighted by molar-refractivity contribution is -0.137. The summed E-state index contributed by atoms with van der Waals surface area (Å²) < 4.78 is 70.8. The lowest BCUT2D eigenvalue weighted by Crippen LogP contribution is -2.33. The molecular weight excluding hydrogens is 577 g/mol. The number of amides is 2. The summed E-state index contributed by atoms with van der Waals surface area (Å²) in [5.74, 6) is -0.619. The van der Waals surface area contributed by atoms with E-state index in [2.05, 4.69) is 0 Å². The molecule has 0 aromatic carbocycles. The molecule has 1 heterocycles. The molecule has 0 aromatic heterocycles. The number of carbonyl (C=O) groups is 2. The fourth-order valence-electron chi connectivity index (χ4n) is 3.16. The van der Waals surface area contributed by atoms with E-state index < -0.39 is 6.67 Å². The third-order valence-electron chi connectivity index (χ3n) is 5.30. The molecule has 43 heavy (non-hydrogen) atoms. The van der Waals surface area contributed by atoms with Crippen LogP contribution in [0.2, 0.25) is 0 Å². The number of ether oxygens (including phenoxy) is 11. The molecular formula is C28H50FNO13. The lowest BCUT2D eigenvalue weighted by atomic mass is 10.5. The van der Waals surface area contributed by atoms with Gasteiger partial charge in [-0.1, -0.05) is 0 Å². The van der Waals surface area contributed by atoms with Crippen LogP contribution in [0.1, 0.15) is 0 Å². The van der Waals surface area contributed by atoms with Crippen LogP contribution in [0.25, 0.3) is 0 Å². The van der Waals surface area contributed by atoms with Crippen molar-refractivity contribution in [3.8, 4) is 0 Å². The molecule has 0 bridgehead atoms. The average molecular weight is 628 g/mol. The monoisotopic (exact) mass is 627 g/mol. The van der Waals surface area contributed by atoms with Gasteiger partial charge in [-0.3, -0.25) is 14.5 Å². The first kappa shape index (κ1) is 39.4. The predicted octanol–water partition coefficient (Wildman–Crippen LogP) is 0.0635. The number of imide groups is 1. The zero-order valence-electron chi connectivity index (χ0n) is 25.3. The Morgan fingerprint density at radius 3 is 0.814 bits per heavy atom. The van der Waals surface area contributed by atoms with Gasteiger partial charge in [-0.05, 0) is 0 Å². The third kappa shape index (κ3) is 26.5. The Kier molecular flexibility index (Phi) is 29.1. The second-order valence-corrected chi connectivity index (χ2v) is 8.59. The van der Waals surface area contributed by atoms with Gasteiger partial charge in [0.25, 0.3) is 11.8 Å². The van der Waals surface area contributed by atoms with E-state index in [4.69, 9.17) is 52.1 Å². The number of rotatable bonds is 35. The van der Waals surface area contributed by atoms with E-state index >= 15 is 0 Å². The van der Waals surface area contributed by atoms with Gasteiger partial charge in [0.2, 0.25) is 0 Å². The van der Waals surface area contributed by atoms with Crippen molar-refractivity contribution in [2.45, 2.75) is 0 Å². The van der Waals surface area contributed by atoms with Crippen molar-refractivity contribution < 1.29 is 66.1 Å². The maximum Gasteiger partial charge on any atom is 0.253 e. The standard InChI is InChI=1S/C28H50FNO13/c29-3-5-33-7-9-35-11-13-37-15-17-39-19-21-41-23-25-43-26-24-42-22-20-40-18-16-38-14-12-36-10-8-34-6-4-30-27(31)1-2-28(30)32/h1-2H,3-26H2. The minimum absolute atomic E-state index is 0.107. The summed E-state index contributed by atoms with van der Waals surface area (Å²) in [7, 11) is 0. The maximum atomic E-state index is 11.8. The molecule has 14 nitrogen and oxygen atoms in total. The van der Waals surface area contributed by atoms with Crippen LogP contribution in [0.5, 0.6) is 0 Å². The molecule has 1 rings (SSSR count). The SMILES string of the molecule is O=C1C=CC(=O)N1CCOCCOCCOCCOCCOCCOCCOCCOCCOCCOCCOCCF. The van der Waals surface area contributed by atoms with Crippen LogP contribution in [0.3, 0.4) is 0 Å². The van der Waals surface area contributed by atoms with Crippen LogP contribution in [-0.2, 0) is 61.7 Å². The lowest BCUT2D eigenvalue weighted by Gasteiger charge is -2.13. The van der Waals surface area contributed by atoms with E-state index in [0.717, 1.165) is 4.90 Å². The molecule has 15 heteroatoms. The average Bonchev–Trinajstić information content (AvgIpc) is 3.33. The molecule has 0 atom stereocenters. The molecule has 252 valence electrons.